The molecule has 0 radical (unpaired) electrons. The second-order valence-electron chi connectivity index (χ2n) is 7.27. The van der Waals surface area contributed by atoms with E-state index in [1.54, 1.807) is 18.2 Å². The zero-order chi connectivity index (χ0) is 17.4. The molecule has 2 atom stereocenters. The number of amides is 1. The van der Waals surface area contributed by atoms with Crippen LogP contribution in [-0.2, 0) is 0 Å². The number of carbonyl (C=O) groups excluding carboxylic acids is 1. The zero-order valence-electron chi connectivity index (χ0n) is 14.4. The third-order valence-corrected chi connectivity index (χ3v) is 5.80. The smallest absolute Gasteiger partial charge is 0.273 e. The van der Waals surface area contributed by atoms with Gasteiger partial charge in [-0.1, -0.05) is 23.2 Å². The Labute approximate surface area is 164 Å². The van der Waals surface area contributed by atoms with Crippen LogP contribution in [0.15, 0.2) is 34.9 Å². The Bertz CT molecular complexity index is 748. The lowest BCUT2D eigenvalue weighted by Crippen LogP contribution is -2.53. The number of aromatic nitrogens is 1. The molecule has 140 valence electrons. The summed E-state index contributed by atoms with van der Waals surface area (Å²) in [7, 11) is 0. The monoisotopic (exact) mass is 395 g/mol. The molecule has 26 heavy (non-hydrogen) atoms. The summed E-state index contributed by atoms with van der Waals surface area (Å²) in [5.41, 5.74) is 7.32. The molecule has 3 N–H and O–H groups in total. The van der Waals surface area contributed by atoms with E-state index in [1.165, 1.54) is 6.42 Å². The van der Waals surface area contributed by atoms with Crippen LogP contribution in [0.25, 0.3) is 11.3 Å². The first-order valence-electron chi connectivity index (χ1n) is 8.89. The SMILES string of the molecule is Cl.NC1CC2CCCC(C1)C2NC(=O)c1cc(-c2ccc(Cl)cc2)on1. The van der Waals surface area contributed by atoms with E-state index < -0.39 is 0 Å². The molecular formula is C19H23Cl2N3O2. The Morgan fingerprint density at radius 3 is 2.50 bits per heavy atom. The molecule has 2 fully saturated rings. The number of nitrogens with zero attached hydrogens (tertiary/aromatic N) is 1. The molecule has 4 rings (SSSR count). The lowest BCUT2D eigenvalue weighted by Gasteiger charge is -2.45. The fraction of sp³-hybridized carbons (Fsp3) is 0.474. The largest absolute Gasteiger partial charge is 0.355 e. The number of fused-ring (bicyclic) bond motifs is 2. The highest BCUT2D eigenvalue weighted by Crippen LogP contribution is 2.39. The van der Waals surface area contributed by atoms with Crippen molar-refractivity contribution in [3.05, 3.63) is 41.0 Å². The number of hydrogen-bond acceptors (Lipinski definition) is 4. The van der Waals surface area contributed by atoms with E-state index in [4.69, 9.17) is 21.9 Å². The molecule has 7 heteroatoms. The van der Waals surface area contributed by atoms with E-state index in [0.717, 1.165) is 31.2 Å². The number of carbonyl (C=O) groups is 1. The quantitative estimate of drug-likeness (QED) is 0.820. The van der Waals surface area contributed by atoms with Crippen molar-refractivity contribution in [2.24, 2.45) is 17.6 Å². The van der Waals surface area contributed by atoms with Crippen molar-refractivity contribution < 1.29 is 9.32 Å². The minimum atomic E-state index is -0.165. The van der Waals surface area contributed by atoms with Crippen molar-refractivity contribution in [2.45, 2.75) is 44.2 Å². The van der Waals surface area contributed by atoms with Crippen LogP contribution >= 0.6 is 24.0 Å². The third kappa shape index (κ3) is 3.90. The predicted octanol–water partition coefficient (Wildman–Crippen LogP) is 4.05. The Morgan fingerprint density at radius 2 is 1.85 bits per heavy atom. The van der Waals surface area contributed by atoms with Gasteiger partial charge in [-0.3, -0.25) is 4.79 Å². The van der Waals surface area contributed by atoms with Gasteiger partial charge < -0.3 is 15.6 Å². The summed E-state index contributed by atoms with van der Waals surface area (Å²) >= 11 is 5.90. The van der Waals surface area contributed by atoms with Crippen molar-refractivity contribution in [3.8, 4) is 11.3 Å². The fourth-order valence-electron chi connectivity index (χ4n) is 4.38. The highest BCUT2D eigenvalue weighted by Gasteiger charge is 2.40. The maximum absolute atomic E-state index is 12.6. The number of rotatable bonds is 3. The molecule has 2 aliphatic rings. The van der Waals surface area contributed by atoms with Gasteiger partial charge in [0.05, 0.1) is 0 Å². The lowest BCUT2D eigenvalue weighted by atomic mass is 9.67. The van der Waals surface area contributed by atoms with Gasteiger partial charge in [-0.05, 0) is 61.8 Å². The molecule has 2 aromatic rings. The van der Waals surface area contributed by atoms with Gasteiger partial charge in [0.15, 0.2) is 11.5 Å². The van der Waals surface area contributed by atoms with Gasteiger partial charge in [0.1, 0.15) is 0 Å². The van der Waals surface area contributed by atoms with Crippen molar-refractivity contribution in [2.75, 3.05) is 0 Å². The Morgan fingerprint density at radius 1 is 1.19 bits per heavy atom. The van der Waals surface area contributed by atoms with E-state index in [-0.39, 0.29) is 30.4 Å². The van der Waals surface area contributed by atoms with Crippen LogP contribution in [0, 0.1) is 11.8 Å². The molecular weight excluding hydrogens is 373 g/mol. The van der Waals surface area contributed by atoms with Gasteiger partial charge in [0, 0.05) is 28.7 Å². The van der Waals surface area contributed by atoms with E-state index in [2.05, 4.69) is 10.5 Å². The summed E-state index contributed by atoms with van der Waals surface area (Å²) in [5.74, 6) is 1.36. The first kappa shape index (κ1) is 19.2. The number of hydrogen-bond donors (Lipinski definition) is 2. The molecule has 2 unspecified atom stereocenters. The van der Waals surface area contributed by atoms with E-state index >= 15 is 0 Å². The van der Waals surface area contributed by atoms with Crippen molar-refractivity contribution in [1.82, 2.24) is 10.5 Å². The maximum atomic E-state index is 12.6. The highest BCUT2D eigenvalue weighted by molar-refractivity contribution is 6.30. The Kier molecular flexibility index (Phi) is 5.90. The molecule has 2 aliphatic carbocycles. The number of benzene rings is 1. The topological polar surface area (TPSA) is 81.1 Å². The van der Waals surface area contributed by atoms with Gasteiger partial charge in [0.25, 0.3) is 5.91 Å². The number of nitrogens with one attached hydrogen (secondary N) is 1. The van der Waals surface area contributed by atoms with Crippen LogP contribution in [0.1, 0.15) is 42.6 Å². The minimum absolute atomic E-state index is 0. The number of nitrogens with two attached hydrogens (primary N) is 1. The van der Waals surface area contributed by atoms with Crippen molar-refractivity contribution in [3.63, 3.8) is 0 Å². The molecule has 1 amide bonds. The average Bonchev–Trinajstić information content (AvgIpc) is 3.06. The first-order chi connectivity index (χ1) is 12.1. The van der Waals surface area contributed by atoms with E-state index in [0.29, 0.717) is 28.3 Å². The fourth-order valence-corrected chi connectivity index (χ4v) is 4.51. The molecule has 1 aromatic carbocycles. The Balaban J connectivity index is 0.00000196. The molecule has 0 saturated heterocycles. The van der Waals surface area contributed by atoms with Crippen LogP contribution in [0.4, 0.5) is 0 Å². The summed E-state index contributed by atoms with van der Waals surface area (Å²) in [6, 6.07) is 9.42. The second kappa shape index (κ2) is 7.99. The van der Waals surface area contributed by atoms with Crippen LogP contribution in [0.2, 0.25) is 5.02 Å². The van der Waals surface area contributed by atoms with E-state index in [1.807, 2.05) is 12.1 Å². The van der Waals surface area contributed by atoms with Crippen LogP contribution in [0.5, 0.6) is 0 Å². The van der Waals surface area contributed by atoms with Crippen LogP contribution in [-0.4, -0.2) is 23.1 Å². The normalized spacial score (nSPS) is 27.5. The summed E-state index contributed by atoms with van der Waals surface area (Å²) < 4.78 is 5.34. The Hall–Kier alpha value is -1.56. The predicted molar refractivity (Wildman–Crippen MR) is 103 cm³/mol. The molecule has 5 nitrogen and oxygen atoms in total. The van der Waals surface area contributed by atoms with Gasteiger partial charge in [-0.2, -0.15) is 0 Å². The molecule has 0 spiro atoms. The van der Waals surface area contributed by atoms with E-state index in [9.17, 15) is 4.79 Å². The first-order valence-corrected chi connectivity index (χ1v) is 9.27. The minimum Gasteiger partial charge on any atom is -0.355 e. The second-order valence-corrected chi connectivity index (χ2v) is 7.70. The van der Waals surface area contributed by atoms with Crippen molar-refractivity contribution >= 4 is 29.9 Å². The number of halogens is 2. The summed E-state index contributed by atoms with van der Waals surface area (Å²) in [6.07, 6.45) is 5.51. The van der Waals surface area contributed by atoms with Gasteiger partial charge >= 0.3 is 0 Å². The zero-order valence-corrected chi connectivity index (χ0v) is 15.9. The lowest BCUT2D eigenvalue weighted by molar-refractivity contribution is 0.0748. The van der Waals surface area contributed by atoms with Crippen molar-refractivity contribution in [1.29, 1.82) is 0 Å². The van der Waals surface area contributed by atoms with Crippen LogP contribution in [0.3, 0.4) is 0 Å². The van der Waals surface area contributed by atoms with Crippen LogP contribution < -0.4 is 11.1 Å². The maximum Gasteiger partial charge on any atom is 0.273 e. The highest BCUT2D eigenvalue weighted by atomic mass is 35.5. The molecule has 2 bridgehead atoms. The summed E-state index contributed by atoms with van der Waals surface area (Å²) in [6.45, 7) is 0. The van der Waals surface area contributed by atoms with Gasteiger partial charge in [0.2, 0.25) is 0 Å². The molecule has 2 saturated carbocycles. The molecule has 0 aliphatic heterocycles. The summed E-state index contributed by atoms with van der Waals surface area (Å²) in [5, 5.41) is 7.79. The summed E-state index contributed by atoms with van der Waals surface area (Å²) in [4.78, 5) is 12.6. The molecule has 1 aromatic heterocycles. The average molecular weight is 396 g/mol. The standard InChI is InChI=1S/C19H22ClN3O2.ClH/c20-14-6-4-11(5-7-14)17-10-16(23-25-17)19(24)22-18-12-2-1-3-13(18)9-15(21)8-12;/h4-7,10,12-13,15,18H,1-3,8-9,21H2,(H,22,24);1H. The molecule has 1 heterocycles. The van der Waals surface area contributed by atoms with Gasteiger partial charge in [-0.25, -0.2) is 0 Å². The third-order valence-electron chi connectivity index (χ3n) is 5.55. The van der Waals surface area contributed by atoms with Gasteiger partial charge in [-0.15, -0.1) is 12.4 Å².